The van der Waals surface area contributed by atoms with Crippen LogP contribution in [-0.4, -0.2) is 9.99 Å². The first-order valence-corrected chi connectivity index (χ1v) is 8.37. The number of hydrogen-bond donors (Lipinski definition) is 0. The molecule has 0 radical (unpaired) electrons. The van der Waals surface area contributed by atoms with Crippen LogP contribution in [0.3, 0.4) is 0 Å². The molecule has 2 aromatic carbocycles. The monoisotopic (exact) mass is 312 g/mol. The number of carbonyl (C=O) groups is 1. The van der Waals surface area contributed by atoms with E-state index in [4.69, 9.17) is 0 Å². The van der Waals surface area contributed by atoms with Gasteiger partial charge in [-0.3, -0.25) is 4.79 Å². The summed E-state index contributed by atoms with van der Waals surface area (Å²) >= 11 is 0. The quantitative estimate of drug-likeness (QED) is 0.767. The lowest BCUT2D eigenvalue weighted by Gasteiger charge is -2.13. The van der Waals surface area contributed by atoms with Crippen molar-refractivity contribution in [3.05, 3.63) is 66.2 Å². The maximum absolute atomic E-state index is 12.8. The molecule has 1 unspecified atom stereocenters. The lowest BCUT2D eigenvalue weighted by atomic mass is 9.96. The van der Waals surface area contributed by atoms with E-state index in [9.17, 15) is 9.00 Å². The summed E-state index contributed by atoms with van der Waals surface area (Å²) in [6.07, 6.45) is 0. The number of benzene rings is 2. The maximum Gasteiger partial charge on any atom is 0.165 e. The Balaban J connectivity index is 2.44. The third-order valence-corrected chi connectivity index (χ3v) is 4.92. The van der Waals surface area contributed by atoms with Crippen molar-refractivity contribution in [1.29, 1.82) is 0 Å². The Hall–Kier alpha value is -2.00. The highest BCUT2D eigenvalue weighted by Crippen LogP contribution is 2.27. The van der Waals surface area contributed by atoms with Gasteiger partial charge in [0.1, 0.15) is 0 Å². The predicted molar refractivity (Wildman–Crippen MR) is 91.2 cm³/mol. The summed E-state index contributed by atoms with van der Waals surface area (Å²) in [4.78, 5) is 13.6. The van der Waals surface area contributed by atoms with Gasteiger partial charge in [-0.1, -0.05) is 56.3 Å². The lowest BCUT2D eigenvalue weighted by molar-refractivity contribution is -0.116. The second kappa shape index (κ2) is 6.84. The van der Waals surface area contributed by atoms with Crippen LogP contribution in [0.5, 0.6) is 0 Å². The van der Waals surface area contributed by atoms with Crippen LogP contribution in [0.2, 0.25) is 0 Å². The van der Waals surface area contributed by atoms with E-state index < -0.39 is 10.8 Å². The molecule has 0 heterocycles. The molecule has 0 aliphatic carbocycles. The van der Waals surface area contributed by atoms with Gasteiger partial charge < -0.3 is 0 Å². The molecule has 0 fully saturated rings. The van der Waals surface area contributed by atoms with Crippen molar-refractivity contribution in [2.45, 2.75) is 30.6 Å². The average molecular weight is 312 g/mol. The first kappa shape index (κ1) is 16.4. The van der Waals surface area contributed by atoms with Gasteiger partial charge in [0.25, 0.3) is 0 Å². The van der Waals surface area contributed by atoms with Crippen LogP contribution in [0, 0.1) is 12.8 Å². The van der Waals surface area contributed by atoms with Crippen LogP contribution in [0.4, 0.5) is 0 Å². The summed E-state index contributed by atoms with van der Waals surface area (Å²) < 4.78 is 12.8. The summed E-state index contributed by atoms with van der Waals surface area (Å²) in [5.41, 5.74) is 2.21. The average Bonchev–Trinajstić information content (AvgIpc) is 2.53. The number of ketones is 1. The zero-order valence-corrected chi connectivity index (χ0v) is 13.9. The molecule has 0 aliphatic rings. The van der Waals surface area contributed by atoms with Gasteiger partial charge in [0, 0.05) is 21.9 Å². The van der Waals surface area contributed by atoms with Gasteiger partial charge in [0.2, 0.25) is 0 Å². The highest BCUT2D eigenvalue weighted by Gasteiger charge is 2.19. The van der Waals surface area contributed by atoms with Crippen molar-refractivity contribution in [3.8, 4) is 0 Å². The summed E-state index contributed by atoms with van der Waals surface area (Å²) in [6, 6.07) is 14.9. The van der Waals surface area contributed by atoms with E-state index >= 15 is 0 Å². The number of Topliss-reactive ketones (excluding diaryl/α,β-unsaturated/α-hetero) is 1. The smallest absolute Gasteiger partial charge is 0.165 e. The molecular weight excluding hydrogens is 292 g/mol. The second-order valence-corrected chi connectivity index (χ2v) is 7.02. The summed E-state index contributed by atoms with van der Waals surface area (Å²) in [7, 11) is -1.33. The fourth-order valence-electron chi connectivity index (χ4n) is 2.15. The topological polar surface area (TPSA) is 34.1 Å². The molecule has 0 N–H and O–H groups in total. The number of allylic oxidation sites excluding steroid dienone is 1. The standard InChI is InChI=1S/C19H20O2S/c1-13(2)19(20)15(4)17-7-5-6-8-18(17)22(21)16-11-9-14(3)10-12-16/h5-13H,4H2,1-3H3. The van der Waals surface area contributed by atoms with Crippen LogP contribution in [0.25, 0.3) is 5.57 Å². The summed E-state index contributed by atoms with van der Waals surface area (Å²) in [5.74, 6) is -0.151. The largest absolute Gasteiger partial charge is 0.294 e. The summed E-state index contributed by atoms with van der Waals surface area (Å²) in [5, 5.41) is 0. The molecular formula is C19H20O2S. The van der Waals surface area contributed by atoms with Crippen molar-refractivity contribution >= 4 is 22.2 Å². The van der Waals surface area contributed by atoms with Crippen LogP contribution in [0.15, 0.2) is 64.9 Å². The first-order valence-electron chi connectivity index (χ1n) is 7.22. The maximum atomic E-state index is 12.8. The molecule has 1 atom stereocenters. The summed E-state index contributed by atoms with van der Waals surface area (Å²) in [6.45, 7) is 9.58. The molecule has 0 saturated heterocycles. The number of hydrogen-bond acceptors (Lipinski definition) is 2. The second-order valence-electron chi connectivity index (χ2n) is 5.58. The number of aryl methyl sites for hydroxylation is 1. The van der Waals surface area contributed by atoms with Crippen molar-refractivity contribution in [2.75, 3.05) is 0 Å². The van der Waals surface area contributed by atoms with Gasteiger partial charge in [0.15, 0.2) is 5.78 Å². The van der Waals surface area contributed by atoms with Crippen LogP contribution in [0.1, 0.15) is 25.0 Å². The minimum Gasteiger partial charge on any atom is -0.294 e. The number of carbonyl (C=O) groups excluding carboxylic acids is 1. The SMILES string of the molecule is C=C(C(=O)C(C)C)c1ccccc1S(=O)c1ccc(C)cc1. The fourth-order valence-corrected chi connectivity index (χ4v) is 3.38. The Morgan fingerprint density at radius 3 is 2.23 bits per heavy atom. The van der Waals surface area contributed by atoms with Gasteiger partial charge in [0.05, 0.1) is 15.7 Å². The zero-order valence-electron chi connectivity index (χ0n) is 13.1. The van der Waals surface area contributed by atoms with E-state index in [2.05, 4.69) is 6.58 Å². The van der Waals surface area contributed by atoms with E-state index in [1.165, 1.54) is 0 Å². The highest BCUT2D eigenvalue weighted by atomic mass is 32.2. The lowest BCUT2D eigenvalue weighted by Crippen LogP contribution is -2.10. The zero-order chi connectivity index (χ0) is 16.3. The normalized spacial score (nSPS) is 12.2. The van der Waals surface area contributed by atoms with Gasteiger partial charge in [-0.2, -0.15) is 0 Å². The minimum absolute atomic E-state index is 0.0200. The molecule has 2 aromatic rings. The van der Waals surface area contributed by atoms with Crippen molar-refractivity contribution in [2.24, 2.45) is 5.92 Å². The van der Waals surface area contributed by atoms with Gasteiger partial charge in [-0.25, -0.2) is 4.21 Å². The predicted octanol–water partition coefficient (Wildman–Crippen LogP) is 4.40. The number of rotatable bonds is 5. The Kier molecular flexibility index (Phi) is 5.09. The molecule has 2 nitrogen and oxygen atoms in total. The van der Waals surface area contributed by atoms with E-state index in [0.29, 0.717) is 16.0 Å². The van der Waals surface area contributed by atoms with Crippen LogP contribution < -0.4 is 0 Å². The molecule has 22 heavy (non-hydrogen) atoms. The minimum atomic E-state index is -1.33. The van der Waals surface area contributed by atoms with Gasteiger partial charge in [-0.05, 0) is 25.1 Å². The van der Waals surface area contributed by atoms with E-state index in [1.54, 1.807) is 6.07 Å². The molecule has 2 rings (SSSR count). The van der Waals surface area contributed by atoms with Crippen LogP contribution in [-0.2, 0) is 15.6 Å². The molecule has 0 amide bonds. The Labute approximate surface area is 134 Å². The van der Waals surface area contributed by atoms with Crippen molar-refractivity contribution in [1.82, 2.24) is 0 Å². The Morgan fingerprint density at radius 1 is 1.05 bits per heavy atom. The molecule has 0 aliphatic heterocycles. The highest BCUT2D eigenvalue weighted by molar-refractivity contribution is 7.85. The molecule has 0 spiro atoms. The fraction of sp³-hybridized carbons (Fsp3) is 0.211. The van der Waals surface area contributed by atoms with Gasteiger partial charge in [-0.15, -0.1) is 0 Å². The van der Waals surface area contributed by atoms with Gasteiger partial charge >= 0.3 is 0 Å². The molecule has 3 heteroatoms. The van der Waals surface area contributed by atoms with E-state index in [1.807, 2.05) is 63.2 Å². The van der Waals surface area contributed by atoms with E-state index in [0.717, 1.165) is 10.5 Å². The Morgan fingerprint density at radius 2 is 1.64 bits per heavy atom. The molecule has 114 valence electrons. The van der Waals surface area contributed by atoms with E-state index in [-0.39, 0.29) is 11.7 Å². The molecule has 0 saturated carbocycles. The van der Waals surface area contributed by atoms with Crippen molar-refractivity contribution < 1.29 is 9.00 Å². The molecule has 0 bridgehead atoms. The Bertz CT molecular complexity index is 727. The van der Waals surface area contributed by atoms with Crippen LogP contribution >= 0.6 is 0 Å². The third kappa shape index (κ3) is 3.42. The first-order chi connectivity index (χ1) is 10.4. The third-order valence-electron chi connectivity index (χ3n) is 3.47. The van der Waals surface area contributed by atoms with Crippen molar-refractivity contribution in [3.63, 3.8) is 0 Å². The molecule has 0 aromatic heterocycles.